The van der Waals surface area contributed by atoms with Crippen molar-refractivity contribution >= 4 is 32.4 Å². The molecule has 102 valence electrons. The molecule has 1 aromatic heterocycles. The fourth-order valence-electron chi connectivity index (χ4n) is 2.07. The minimum absolute atomic E-state index is 0.246. The molecular formula is C16H16N2OS. The van der Waals surface area contributed by atoms with Gasteiger partial charge < -0.3 is 10.4 Å². The van der Waals surface area contributed by atoms with E-state index in [1.807, 2.05) is 12.1 Å². The van der Waals surface area contributed by atoms with Crippen molar-refractivity contribution in [1.82, 2.24) is 4.98 Å². The Morgan fingerprint density at radius 1 is 1.15 bits per heavy atom. The summed E-state index contributed by atoms with van der Waals surface area (Å²) in [6.45, 7) is 4.36. The summed E-state index contributed by atoms with van der Waals surface area (Å²) in [4.78, 5) is 4.49. The molecule has 0 saturated heterocycles. The molecule has 0 aliphatic heterocycles. The zero-order valence-electron chi connectivity index (χ0n) is 11.4. The number of nitrogens with zero attached hydrogens (tertiary/aromatic N) is 1. The Morgan fingerprint density at radius 2 is 2.00 bits per heavy atom. The van der Waals surface area contributed by atoms with E-state index in [1.165, 1.54) is 5.56 Å². The van der Waals surface area contributed by atoms with Gasteiger partial charge in [-0.05, 0) is 35.7 Å². The lowest BCUT2D eigenvalue weighted by Crippen LogP contribution is -1.92. The summed E-state index contributed by atoms with van der Waals surface area (Å²) < 4.78 is 1.06. The average Bonchev–Trinajstić information content (AvgIpc) is 2.80. The van der Waals surface area contributed by atoms with E-state index in [2.05, 4.69) is 42.3 Å². The van der Waals surface area contributed by atoms with Gasteiger partial charge in [-0.1, -0.05) is 37.3 Å². The topological polar surface area (TPSA) is 45.2 Å². The molecule has 0 bridgehead atoms. The van der Waals surface area contributed by atoms with Crippen LogP contribution in [0.1, 0.15) is 25.3 Å². The second kappa shape index (κ2) is 5.13. The van der Waals surface area contributed by atoms with Crippen LogP contribution in [0.15, 0.2) is 42.5 Å². The van der Waals surface area contributed by atoms with Crippen molar-refractivity contribution in [3.8, 4) is 5.75 Å². The van der Waals surface area contributed by atoms with Crippen LogP contribution in [0.5, 0.6) is 5.75 Å². The van der Waals surface area contributed by atoms with Gasteiger partial charge in [0.1, 0.15) is 5.75 Å². The quantitative estimate of drug-likeness (QED) is 0.721. The lowest BCUT2D eigenvalue weighted by atomic mass is 10.0. The summed E-state index contributed by atoms with van der Waals surface area (Å²) in [5, 5.41) is 13.6. The van der Waals surface area contributed by atoms with Crippen molar-refractivity contribution in [3.05, 3.63) is 48.0 Å². The summed E-state index contributed by atoms with van der Waals surface area (Å²) >= 11 is 1.58. The van der Waals surface area contributed by atoms with Crippen molar-refractivity contribution in [2.75, 3.05) is 5.32 Å². The lowest BCUT2D eigenvalue weighted by molar-refractivity contribution is 0.476. The smallest absolute Gasteiger partial charge is 0.188 e. The highest BCUT2D eigenvalue weighted by Gasteiger charge is 2.06. The maximum absolute atomic E-state index is 9.47. The highest BCUT2D eigenvalue weighted by atomic mass is 32.1. The van der Waals surface area contributed by atoms with E-state index in [0.29, 0.717) is 5.92 Å². The van der Waals surface area contributed by atoms with E-state index < -0.39 is 0 Å². The third-order valence-electron chi connectivity index (χ3n) is 3.18. The van der Waals surface area contributed by atoms with Gasteiger partial charge in [-0.15, -0.1) is 0 Å². The van der Waals surface area contributed by atoms with Gasteiger partial charge in [0.25, 0.3) is 0 Å². The molecule has 0 spiro atoms. The summed E-state index contributed by atoms with van der Waals surface area (Å²) in [6, 6.07) is 13.6. The fraction of sp³-hybridized carbons (Fsp3) is 0.188. The SMILES string of the molecule is CC(C)c1cccc(Nc2nc3cc(O)ccc3s2)c1. The largest absolute Gasteiger partial charge is 0.508 e. The minimum Gasteiger partial charge on any atom is -0.508 e. The standard InChI is InChI=1S/C16H16N2OS/c1-10(2)11-4-3-5-12(8-11)17-16-18-14-9-13(19)6-7-15(14)20-16/h3-10,19H,1-2H3,(H,17,18). The number of rotatable bonds is 3. The van der Waals surface area contributed by atoms with Gasteiger partial charge >= 0.3 is 0 Å². The molecule has 3 aromatic rings. The molecule has 0 aliphatic carbocycles. The number of anilines is 2. The Labute approximate surface area is 121 Å². The predicted octanol–water partition coefficient (Wildman–Crippen LogP) is 4.87. The zero-order valence-corrected chi connectivity index (χ0v) is 12.2. The monoisotopic (exact) mass is 284 g/mol. The van der Waals surface area contributed by atoms with E-state index in [4.69, 9.17) is 0 Å². The van der Waals surface area contributed by atoms with Crippen LogP contribution in [0.25, 0.3) is 10.2 Å². The zero-order chi connectivity index (χ0) is 14.1. The molecule has 2 N–H and O–H groups in total. The van der Waals surface area contributed by atoms with Crippen molar-refractivity contribution in [1.29, 1.82) is 0 Å². The van der Waals surface area contributed by atoms with Gasteiger partial charge in [-0.25, -0.2) is 4.98 Å². The van der Waals surface area contributed by atoms with Gasteiger partial charge in [0.05, 0.1) is 10.2 Å². The summed E-state index contributed by atoms with van der Waals surface area (Å²) in [6.07, 6.45) is 0. The van der Waals surface area contributed by atoms with Gasteiger partial charge in [-0.3, -0.25) is 0 Å². The average molecular weight is 284 g/mol. The van der Waals surface area contributed by atoms with Crippen LogP contribution in [0.3, 0.4) is 0 Å². The summed E-state index contributed by atoms with van der Waals surface area (Å²) in [5.74, 6) is 0.750. The molecule has 0 aliphatic rings. The first-order chi connectivity index (χ1) is 9.61. The van der Waals surface area contributed by atoms with Crippen LogP contribution >= 0.6 is 11.3 Å². The van der Waals surface area contributed by atoms with Crippen LogP contribution in [0, 0.1) is 0 Å². The molecule has 0 radical (unpaired) electrons. The third-order valence-corrected chi connectivity index (χ3v) is 4.13. The predicted molar refractivity (Wildman–Crippen MR) is 85.1 cm³/mol. The van der Waals surface area contributed by atoms with E-state index in [1.54, 1.807) is 23.5 Å². The number of aromatic hydroxyl groups is 1. The molecule has 0 atom stereocenters. The lowest BCUT2D eigenvalue weighted by Gasteiger charge is -2.08. The first-order valence-electron chi connectivity index (χ1n) is 6.58. The van der Waals surface area contributed by atoms with Crippen molar-refractivity contribution in [2.24, 2.45) is 0 Å². The molecule has 4 heteroatoms. The van der Waals surface area contributed by atoms with Gasteiger partial charge in [-0.2, -0.15) is 0 Å². The number of hydrogen-bond donors (Lipinski definition) is 2. The second-order valence-corrected chi connectivity index (χ2v) is 6.11. The van der Waals surface area contributed by atoms with Crippen molar-refractivity contribution < 1.29 is 5.11 Å². The van der Waals surface area contributed by atoms with E-state index >= 15 is 0 Å². The number of aromatic nitrogens is 1. The molecule has 2 aromatic carbocycles. The highest BCUT2D eigenvalue weighted by Crippen LogP contribution is 2.30. The maximum Gasteiger partial charge on any atom is 0.188 e. The number of phenolic OH excluding ortho intramolecular Hbond substituents is 1. The van der Waals surface area contributed by atoms with Crippen molar-refractivity contribution in [3.63, 3.8) is 0 Å². The summed E-state index contributed by atoms with van der Waals surface area (Å²) in [5.41, 5.74) is 3.16. The normalized spacial score (nSPS) is 11.2. The second-order valence-electron chi connectivity index (χ2n) is 5.08. The van der Waals surface area contributed by atoms with Gasteiger partial charge in [0.2, 0.25) is 0 Å². The van der Waals surface area contributed by atoms with Crippen LogP contribution < -0.4 is 5.32 Å². The molecule has 0 saturated carbocycles. The van der Waals surface area contributed by atoms with Crippen molar-refractivity contribution in [2.45, 2.75) is 19.8 Å². The van der Waals surface area contributed by atoms with Crippen LogP contribution in [0.4, 0.5) is 10.8 Å². The number of nitrogens with one attached hydrogen (secondary N) is 1. The first kappa shape index (κ1) is 12.9. The number of fused-ring (bicyclic) bond motifs is 1. The molecule has 20 heavy (non-hydrogen) atoms. The van der Waals surface area contributed by atoms with Crippen LogP contribution in [-0.4, -0.2) is 10.1 Å². The third kappa shape index (κ3) is 2.60. The van der Waals surface area contributed by atoms with Gasteiger partial charge in [0.15, 0.2) is 5.13 Å². The highest BCUT2D eigenvalue weighted by molar-refractivity contribution is 7.22. The molecule has 0 amide bonds. The number of benzene rings is 2. The minimum atomic E-state index is 0.246. The Balaban J connectivity index is 1.90. The van der Waals surface area contributed by atoms with E-state index in [9.17, 15) is 5.11 Å². The fourth-order valence-corrected chi connectivity index (χ4v) is 2.93. The Bertz CT molecular complexity index is 749. The van der Waals surface area contributed by atoms with Crippen LogP contribution in [0.2, 0.25) is 0 Å². The first-order valence-corrected chi connectivity index (χ1v) is 7.40. The molecule has 3 nitrogen and oxygen atoms in total. The Hall–Kier alpha value is -2.07. The molecule has 0 unspecified atom stereocenters. The number of thiazole rings is 1. The number of hydrogen-bond acceptors (Lipinski definition) is 4. The Kier molecular flexibility index (Phi) is 3.32. The van der Waals surface area contributed by atoms with Crippen LogP contribution in [-0.2, 0) is 0 Å². The maximum atomic E-state index is 9.47. The molecule has 1 heterocycles. The number of phenols is 1. The molecule has 3 rings (SSSR count). The Morgan fingerprint density at radius 3 is 2.80 bits per heavy atom. The van der Waals surface area contributed by atoms with E-state index in [-0.39, 0.29) is 5.75 Å². The molecular weight excluding hydrogens is 268 g/mol. The van der Waals surface area contributed by atoms with E-state index in [0.717, 1.165) is 21.0 Å². The molecule has 0 fully saturated rings. The van der Waals surface area contributed by atoms with Gasteiger partial charge in [0, 0.05) is 11.8 Å². The summed E-state index contributed by atoms with van der Waals surface area (Å²) in [7, 11) is 0.